The SMILES string of the molecule is COc1ccc(C2/C(=C(/O)c3ccc(Cl)cc3)C(=O)C(=O)N2Cc2cccnc2)c(OC)c1. The van der Waals surface area contributed by atoms with E-state index >= 15 is 0 Å². The minimum absolute atomic E-state index is 0.0327. The first-order valence-corrected chi connectivity index (χ1v) is 10.5. The van der Waals surface area contributed by atoms with Gasteiger partial charge in [0.2, 0.25) is 0 Å². The van der Waals surface area contributed by atoms with Crippen LogP contribution in [-0.2, 0) is 16.1 Å². The molecule has 1 amide bonds. The Morgan fingerprint density at radius 3 is 2.48 bits per heavy atom. The van der Waals surface area contributed by atoms with E-state index in [1.165, 1.54) is 19.1 Å². The molecule has 1 atom stereocenters. The highest BCUT2D eigenvalue weighted by Crippen LogP contribution is 2.44. The van der Waals surface area contributed by atoms with Gasteiger partial charge in [-0.2, -0.15) is 0 Å². The first kappa shape index (κ1) is 22.4. The predicted molar refractivity (Wildman–Crippen MR) is 123 cm³/mol. The second-order valence-electron chi connectivity index (χ2n) is 7.40. The zero-order valence-corrected chi connectivity index (χ0v) is 18.7. The summed E-state index contributed by atoms with van der Waals surface area (Å²) in [7, 11) is 3.02. The Labute approximate surface area is 195 Å². The van der Waals surface area contributed by atoms with E-state index in [2.05, 4.69) is 4.98 Å². The molecule has 1 fully saturated rings. The number of ether oxygens (including phenoxy) is 2. The number of aromatic nitrogens is 1. The minimum atomic E-state index is -0.887. The van der Waals surface area contributed by atoms with Crippen molar-refractivity contribution in [2.75, 3.05) is 14.2 Å². The maximum absolute atomic E-state index is 13.2. The van der Waals surface area contributed by atoms with Gasteiger partial charge in [-0.05, 0) is 48.0 Å². The van der Waals surface area contributed by atoms with Gasteiger partial charge in [0.05, 0.1) is 25.8 Å². The standard InChI is InChI=1S/C25H21ClN2O5/c1-32-18-9-10-19(20(12-18)33-2)22-21(23(29)16-5-7-17(26)8-6-16)24(30)25(31)28(22)14-15-4-3-11-27-13-15/h3-13,22,29H,14H2,1-2H3/b23-21-. The van der Waals surface area contributed by atoms with Crippen molar-refractivity contribution in [1.29, 1.82) is 0 Å². The highest BCUT2D eigenvalue weighted by molar-refractivity contribution is 6.46. The van der Waals surface area contributed by atoms with E-state index < -0.39 is 17.7 Å². The van der Waals surface area contributed by atoms with Crippen LogP contribution in [0.1, 0.15) is 22.7 Å². The lowest BCUT2D eigenvalue weighted by Gasteiger charge is -2.26. The number of aliphatic hydroxyl groups excluding tert-OH is 1. The predicted octanol–water partition coefficient (Wildman–Crippen LogP) is 4.37. The molecule has 33 heavy (non-hydrogen) atoms. The summed E-state index contributed by atoms with van der Waals surface area (Å²) in [4.78, 5) is 31.8. The topological polar surface area (TPSA) is 89.0 Å². The van der Waals surface area contributed by atoms with Crippen LogP contribution < -0.4 is 9.47 Å². The van der Waals surface area contributed by atoms with Gasteiger partial charge in [0.1, 0.15) is 17.3 Å². The van der Waals surface area contributed by atoms with Crippen molar-refractivity contribution in [2.24, 2.45) is 0 Å². The summed E-state index contributed by atoms with van der Waals surface area (Å²) in [5.41, 5.74) is 1.62. The molecule has 4 rings (SSSR count). The van der Waals surface area contributed by atoms with Crippen LogP contribution in [-0.4, -0.2) is 40.9 Å². The molecule has 1 saturated heterocycles. The zero-order valence-electron chi connectivity index (χ0n) is 18.0. The number of aliphatic hydroxyl groups is 1. The number of pyridine rings is 1. The lowest BCUT2D eigenvalue weighted by Crippen LogP contribution is -2.29. The molecular weight excluding hydrogens is 444 g/mol. The number of benzene rings is 2. The fourth-order valence-electron chi connectivity index (χ4n) is 3.86. The molecule has 168 valence electrons. The molecule has 0 spiro atoms. The summed E-state index contributed by atoms with van der Waals surface area (Å²) in [6.07, 6.45) is 3.25. The van der Waals surface area contributed by atoms with Crippen LogP contribution in [0.15, 0.2) is 72.6 Å². The van der Waals surface area contributed by atoms with Gasteiger partial charge < -0.3 is 19.5 Å². The number of carbonyl (C=O) groups is 2. The third kappa shape index (κ3) is 4.27. The smallest absolute Gasteiger partial charge is 0.295 e. The number of nitrogens with zero attached hydrogens (tertiary/aromatic N) is 2. The Kier molecular flexibility index (Phi) is 6.33. The van der Waals surface area contributed by atoms with Crippen molar-refractivity contribution in [3.8, 4) is 11.5 Å². The monoisotopic (exact) mass is 464 g/mol. The van der Waals surface area contributed by atoms with Crippen molar-refractivity contribution < 1.29 is 24.2 Å². The fraction of sp³-hybridized carbons (Fsp3) is 0.160. The van der Waals surface area contributed by atoms with Gasteiger partial charge in [-0.1, -0.05) is 17.7 Å². The number of likely N-dealkylation sites (tertiary alicyclic amines) is 1. The molecule has 0 saturated carbocycles. The Hall–Kier alpha value is -3.84. The van der Waals surface area contributed by atoms with Crippen LogP contribution in [0, 0.1) is 0 Å². The quantitative estimate of drug-likeness (QED) is 0.331. The Bertz CT molecular complexity index is 1230. The molecular formula is C25H21ClN2O5. The van der Waals surface area contributed by atoms with Crippen molar-refractivity contribution in [3.63, 3.8) is 0 Å². The first-order valence-electron chi connectivity index (χ1n) is 10.1. The summed E-state index contributed by atoms with van der Waals surface area (Å²) in [6, 6.07) is 14.2. The molecule has 1 unspecified atom stereocenters. The van der Waals surface area contributed by atoms with Crippen molar-refractivity contribution in [3.05, 3.63) is 94.3 Å². The van der Waals surface area contributed by atoms with Crippen LogP contribution in [0.25, 0.3) is 5.76 Å². The molecule has 1 aromatic heterocycles. The molecule has 1 aliphatic rings. The van der Waals surface area contributed by atoms with Gasteiger partial charge in [0.25, 0.3) is 11.7 Å². The number of methoxy groups -OCH3 is 2. The zero-order chi connectivity index (χ0) is 23.5. The average Bonchev–Trinajstić information content (AvgIpc) is 3.09. The maximum atomic E-state index is 13.2. The lowest BCUT2D eigenvalue weighted by molar-refractivity contribution is -0.140. The Balaban J connectivity index is 1.91. The van der Waals surface area contributed by atoms with Crippen molar-refractivity contribution >= 4 is 29.1 Å². The number of Topliss-reactive ketones (excluding diaryl/α,β-unsaturated/α-hetero) is 1. The third-order valence-electron chi connectivity index (χ3n) is 5.47. The summed E-state index contributed by atoms with van der Waals surface area (Å²) in [5, 5.41) is 11.6. The van der Waals surface area contributed by atoms with E-state index in [-0.39, 0.29) is 17.9 Å². The second kappa shape index (κ2) is 9.34. The van der Waals surface area contributed by atoms with E-state index in [4.69, 9.17) is 21.1 Å². The fourth-order valence-corrected chi connectivity index (χ4v) is 3.99. The van der Waals surface area contributed by atoms with E-state index in [1.807, 2.05) is 6.07 Å². The highest BCUT2D eigenvalue weighted by Gasteiger charge is 2.47. The maximum Gasteiger partial charge on any atom is 0.295 e. The molecule has 8 heteroatoms. The number of amides is 1. The van der Waals surface area contributed by atoms with Crippen LogP contribution in [0.4, 0.5) is 0 Å². The van der Waals surface area contributed by atoms with E-state index in [0.717, 1.165) is 5.56 Å². The van der Waals surface area contributed by atoms with E-state index in [9.17, 15) is 14.7 Å². The summed E-state index contributed by atoms with van der Waals surface area (Å²) in [5.74, 6) is -0.829. The molecule has 3 aromatic rings. The summed E-state index contributed by atoms with van der Waals surface area (Å²) in [6.45, 7) is 0.121. The van der Waals surface area contributed by atoms with Crippen LogP contribution in [0.5, 0.6) is 11.5 Å². The van der Waals surface area contributed by atoms with Gasteiger partial charge in [0, 0.05) is 41.2 Å². The molecule has 2 aromatic carbocycles. The molecule has 7 nitrogen and oxygen atoms in total. The van der Waals surface area contributed by atoms with Crippen molar-refractivity contribution in [2.45, 2.75) is 12.6 Å². The molecule has 2 heterocycles. The number of hydrogen-bond donors (Lipinski definition) is 1. The van der Waals surface area contributed by atoms with Gasteiger partial charge in [-0.25, -0.2) is 0 Å². The van der Waals surface area contributed by atoms with Crippen LogP contribution in [0.3, 0.4) is 0 Å². The summed E-state index contributed by atoms with van der Waals surface area (Å²) < 4.78 is 10.8. The van der Waals surface area contributed by atoms with E-state index in [0.29, 0.717) is 27.6 Å². The molecule has 1 N–H and O–H groups in total. The van der Waals surface area contributed by atoms with Gasteiger partial charge >= 0.3 is 0 Å². The number of rotatable bonds is 6. The Morgan fingerprint density at radius 1 is 1.09 bits per heavy atom. The van der Waals surface area contributed by atoms with Gasteiger partial charge in [-0.3, -0.25) is 14.6 Å². The average molecular weight is 465 g/mol. The Morgan fingerprint density at radius 2 is 1.85 bits per heavy atom. The molecule has 1 aliphatic heterocycles. The molecule has 0 bridgehead atoms. The number of carbonyl (C=O) groups excluding carboxylic acids is 2. The normalized spacial score (nSPS) is 17.3. The summed E-state index contributed by atoms with van der Waals surface area (Å²) >= 11 is 5.97. The van der Waals surface area contributed by atoms with Gasteiger partial charge in [-0.15, -0.1) is 0 Å². The number of hydrogen-bond acceptors (Lipinski definition) is 6. The van der Waals surface area contributed by atoms with Gasteiger partial charge in [0.15, 0.2) is 0 Å². The molecule has 0 aliphatic carbocycles. The number of halogens is 1. The second-order valence-corrected chi connectivity index (χ2v) is 7.84. The lowest BCUT2D eigenvalue weighted by atomic mass is 9.94. The largest absolute Gasteiger partial charge is 0.507 e. The van der Waals surface area contributed by atoms with E-state index in [1.54, 1.807) is 60.9 Å². The number of ketones is 1. The highest BCUT2D eigenvalue weighted by atomic mass is 35.5. The van der Waals surface area contributed by atoms with Crippen LogP contribution >= 0.6 is 11.6 Å². The molecule has 0 radical (unpaired) electrons. The minimum Gasteiger partial charge on any atom is -0.507 e. The van der Waals surface area contributed by atoms with Crippen LogP contribution in [0.2, 0.25) is 5.02 Å². The van der Waals surface area contributed by atoms with Crippen molar-refractivity contribution in [1.82, 2.24) is 9.88 Å². The third-order valence-corrected chi connectivity index (χ3v) is 5.72. The first-order chi connectivity index (χ1) is 15.9.